The molecule has 0 aliphatic rings. The molecule has 1 heterocycles. The maximum atomic E-state index is 5.84. The Morgan fingerprint density at radius 3 is 2.38 bits per heavy atom. The van der Waals surface area contributed by atoms with Crippen LogP contribution in [0.15, 0.2) is 24.3 Å². The summed E-state index contributed by atoms with van der Waals surface area (Å²) in [6.07, 6.45) is 0. The number of aryl methyl sites for hydroxylation is 1. The van der Waals surface area contributed by atoms with E-state index in [-0.39, 0.29) is 5.41 Å². The molecule has 0 aliphatic heterocycles. The van der Waals surface area contributed by atoms with Gasteiger partial charge in [0.05, 0.1) is 7.11 Å². The van der Waals surface area contributed by atoms with Gasteiger partial charge in [-0.2, -0.15) is 4.98 Å². The van der Waals surface area contributed by atoms with Crippen LogP contribution in [0.2, 0.25) is 0 Å². The van der Waals surface area contributed by atoms with E-state index in [1.807, 2.05) is 45.9 Å². The molecule has 0 atom stereocenters. The highest BCUT2D eigenvalue weighted by molar-refractivity contribution is 5.45. The number of hydrogen-bond acceptors (Lipinski definition) is 5. The fraction of sp³-hybridized carbons (Fsp3) is 0.375. The van der Waals surface area contributed by atoms with Crippen LogP contribution in [0, 0.1) is 6.92 Å². The van der Waals surface area contributed by atoms with Gasteiger partial charge in [0.15, 0.2) is 11.5 Å². The molecule has 112 valence electrons. The van der Waals surface area contributed by atoms with Crippen molar-refractivity contribution in [2.45, 2.75) is 33.1 Å². The Labute approximate surface area is 125 Å². The van der Waals surface area contributed by atoms with E-state index in [1.165, 1.54) is 0 Å². The monoisotopic (exact) mass is 287 g/mol. The van der Waals surface area contributed by atoms with Crippen molar-refractivity contribution in [3.63, 3.8) is 0 Å². The molecule has 0 saturated carbocycles. The van der Waals surface area contributed by atoms with Crippen molar-refractivity contribution in [1.82, 2.24) is 9.97 Å². The number of methoxy groups -OCH3 is 1. The van der Waals surface area contributed by atoms with E-state index in [4.69, 9.17) is 15.2 Å². The van der Waals surface area contributed by atoms with Gasteiger partial charge >= 0.3 is 0 Å². The summed E-state index contributed by atoms with van der Waals surface area (Å²) in [7, 11) is 1.61. The molecule has 0 bridgehead atoms. The van der Waals surface area contributed by atoms with E-state index in [2.05, 4.69) is 9.97 Å². The van der Waals surface area contributed by atoms with Crippen LogP contribution in [-0.4, -0.2) is 17.1 Å². The number of rotatable bonds is 3. The van der Waals surface area contributed by atoms with Gasteiger partial charge in [0, 0.05) is 11.5 Å². The first-order valence-electron chi connectivity index (χ1n) is 6.77. The summed E-state index contributed by atoms with van der Waals surface area (Å²) in [6.45, 7) is 8.07. The van der Waals surface area contributed by atoms with Gasteiger partial charge in [-0.05, 0) is 24.6 Å². The largest absolute Gasteiger partial charge is 0.493 e. The molecule has 0 aliphatic carbocycles. The number of aromatic nitrogens is 2. The minimum absolute atomic E-state index is 0.204. The first-order valence-corrected chi connectivity index (χ1v) is 6.77. The summed E-state index contributed by atoms with van der Waals surface area (Å²) < 4.78 is 11.1. The van der Waals surface area contributed by atoms with Crippen LogP contribution in [0.1, 0.15) is 32.2 Å². The number of anilines is 1. The average molecular weight is 287 g/mol. The normalized spacial score (nSPS) is 11.3. The van der Waals surface area contributed by atoms with Gasteiger partial charge < -0.3 is 15.2 Å². The van der Waals surface area contributed by atoms with E-state index >= 15 is 0 Å². The van der Waals surface area contributed by atoms with Gasteiger partial charge in [-0.15, -0.1) is 0 Å². The van der Waals surface area contributed by atoms with Crippen molar-refractivity contribution in [3.05, 3.63) is 35.7 Å². The average Bonchev–Trinajstić information content (AvgIpc) is 2.39. The van der Waals surface area contributed by atoms with Crippen LogP contribution < -0.4 is 15.2 Å². The number of ether oxygens (including phenoxy) is 2. The molecular formula is C16H21N3O2. The van der Waals surface area contributed by atoms with Gasteiger partial charge in [-0.3, -0.25) is 0 Å². The molecule has 0 unspecified atom stereocenters. The molecule has 5 nitrogen and oxygen atoms in total. The molecule has 5 heteroatoms. The second kappa shape index (κ2) is 5.60. The molecule has 0 spiro atoms. The molecule has 2 aromatic rings. The molecular weight excluding hydrogens is 266 g/mol. The van der Waals surface area contributed by atoms with E-state index in [1.54, 1.807) is 13.2 Å². The lowest BCUT2D eigenvalue weighted by Gasteiger charge is -2.18. The molecule has 2 rings (SSSR count). The third kappa shape index (κ3) is 3.62. The maximum absolute atomic E-state index is 5.84. The zero-order valence-electron chi connectivity index (χ0n) is 13.1. The Morgan fingerprint density at radius 1 is 1.05 bits per heavy atom. The zero-order valence-corrected chi connectivity index (χ0v) is 13.1. The summed E-state index contributed by atoms with van der Waals surface area (Å²) in [6, 6.07) is 7.31. The van der Waals surface area contributed by atoms with Gasteiger partial charge in [0.2, 0.25) is 5.88 Å². The summed E-state index contributed by atoms with van der Waals surface area (Å²) in [5.41, 5.74) is 6.73. The Morgan fingerprint density at radius 2 is 1.76 bits per heavy atom. The summed E-state index contributed by atoms with van der Waals surface area (Å²) in [4.78, 5) is 8.69. The van der Waals surface area contributed by atoms with Crippen molar-refractivity contribution >= 4 is 5.82 Å². The lowest BCUT2D eigenvalue weighted by Crippen LogP contribution is -2.17. The predicted molar refractivity (Wildman–Crippen MR) is 82.9 cm³/mol. The maximum Gasteiger partial charge on any atom is 0.224 e. The van der Waals surface area contributed by atoms with Crippen LogP contribution in [0.25, 0.3) is 0 Å². The van der Waals surface area contributed by atoms with Crippen molar-refractivity contribution in [1.29, 1.82) is 0 Å². The molecule has 0 saturated heterocycles. The number of nitrogen functional groups attached to an aromatic ring is 1. The van der Waals surface area contributed by atoms with Crippen molar-refractivity contribution < 1.29 is 9.47 Å². The minimum atomic E-state index is -0.204. The Hall–Kier alpha value is -2.30. The smallest absolute Gasteiger partial charge is 0.224 e. The number of hydrogen-bond donors (Lipinski definition) is 1. The molecule has 1 aromatic heterocycles. The SMILES string of the molecule is COc1cc(C)ccc1Oc1cc(N)nc(C(C)(C)C)n1. The van der Waals surface area contributed by atoms with Gasteiger partial charge in [-0.25, -0.2) is 4.98 Å². The number of nitrogens with two attached hydrogens (primary N) is 1. The van der Waals surface area contributed by atoms with Crippen LogP contribution in [-0.2, 0) is 5.41 Å². The van der Waals surface area contributed by atoms with Crippen molar-refractivity contribution in [3.8, 4) is 17.4 Å². The highest BCUT2D eigenvalue weighted by Gasteiger charge is 2.19. The second-order valence-corrected chi connectivity index (χ2v) is 5.96. The van der Waals surface area contributed by atoms with Gasteiger partial charge in [-0.1, -0.05) is 26.8 Å². The van der Waals surface area contributed by atoms with Crippen LogP contribution in [0.4, 0.5) is 5.82 Å². The van der Waals surface area contributed by atoms with Crippen molar-refractivity contribution in [2.24, 2.45) is 0 Å². The first kappa shape index (κ1) is 15.1. The molecule has 21 heavy (non-hydrogen) atoms. The summed E-state index contributed by atoms with van der Waals surface area (Å²) in [5, 5.41) is 0. The number of benzene rings is 1. The molecule has 0 amide bonds. The van der Waals surface area contributed by atoms with Gasteiger partial charge in [0.25, 0.3) is 0 Å². The van der Waals surface area contributed by atoms with E-state index in [0.29, 0.717) is 29.0 Å². The standard InChI is InChI=1S/C16H21N3O2/c1-10-6-7-11(12(8-10)20-5)21-14-9-13(17)18-15(19-14)16(2,3)4/h6-9H,1-5H3,(H2,17,18,19). The third-order valence-corrected chi connectivity index (χ3v) is 2.93. The predicted octanol–water partition coefficient (Wildman–Crippen LogP) is 3.47. The van der Waals surface area contributed by atoms with Crippen LogP contribution in [0.5, 0.6) is 17.4 Å². The summed E-state index contributed by atoms with van der Waals surface area (Å²) in [5.74, 6) is 2.69. The van der Waals surface area contributed by atoms with E-state index < -0.39 is 0 Å². The molecule has 0 radical (unpaired) electrons. The van der Waals surface area contributed by atoms with E-state index in [0.717, 1.165) is 5.56 Å². The van der Waals surface area contributed by atoms with Crippen LogP contribution >= 0.6 is 0 Å². The zero-order chi connectivity index (χ0) is 15.6. The van der Waals surface area contributed by atoms with Crippen molar-refractivity contribution in [2.75, 3.05) is 12.8 Å². The minimum Gasteiger partial charge on any atom is -0.493 e. The molecule has 2 N–H and O–H groups in total. The Kier molecular flexibility index (Phi) is 4.02. The van der Waals surface area contributed by atoms with E-state index in [9.17, 15) is 0 Å². The summed E-state index contributed by atoms with van der Waals surface area (Å²) >= 11 is 0. The topological polar surface area (TPSA) is 70.3 Å². The Balaban J connectivity index is 2.38. The highest BCUT2D eigenvalue weighted by atomic mass is 16.5. The van der Waals surface area contributed by atoms with Gasteiger partial charge in [0.1, 0.15) is 11.6 Å². The second-order valence-electron chi connectivity index (χ2n) is 5.96. The lowest BCUT2D eigenvalue weighted by atomic mass is 9.96. The highest BCUT2D eigenvalue weighted by Crippen LogP contribution is 2.32. The number of nitrogens with zero attached hydrogens (tertiary/aromatic N) is 2. The van der Waals surface area contributed by atoms with Crippen LogP contribution in [0.3, 0.4) is 0 Å². The molecule has 1 aromatic carbocycles. The third-order valence-electron chi connectivity index (χ3n) is 2.93. The Bertz CT molecular complexity index is 648. The lowest BCUT2D eigenvalue weighted by molar-refractivity contribution is 0.371. The quantitative estimate of drug-likeness (QED) is 0.936. The fourth-order valence-corrected chi connectivity index (χ4v) is 1.80. The molecule has 0 fully saturated rings. The first-order chi connectivity index (χ1) is 9.79. The fourth-order valence-electron chi connectivity index (χ4n) is 1.80.